The Morgan fingerprint density at radius 1 is 1.44 bits per heavy atom. The summed E-state index contributed by atoms with van der Waals surface area (Å²) in [7, 11) is 1.68. The van der Waals surface area contributed by atoms with E-state index in [1.54, 1.807) is 7.11 Å². The van der Waals surface area contributed by atoms with Crippen LogP contribution >= 0.6 is 12.2 Å². The first-order chi connectivity index (χ1) is 8.67. The molecule has 0 aliphatic rings. The molecule has 0 amide bonds. The summed E-state index contributed by atoms with van der Waals surface area (Å²) in [5, 5.41) is 0. The van der Waals surface area contributed by atoms with Crippen LogP contribution in [0.5, 0.6) is 5.75 Å². The van der Waals surface area contributed by atoms with Gasteiger partial charge in [-0.1, -0.05) is 19.8 Å². The van der Waals surface area contributed by atoms with E-state index in [2.05, 4.69) is 29.5 Å². The monoisotopic (exact) mass is 264 g/mol. The number of aromatic amines is 1. The summed E-state index contributed by atoms with van der Waals surface area (Å²) in [4.78, 5) is 3.26. The molecule has 98 valence electrons. The molecule has 4 heteroatoms. The molecule has 0 aliphatic heterocycles. The number of hydrogen-bond donors (Lipinski definition) is 1. The first-order valence-corrected chi connectivity index (χ1v) is 6.86. The van der Waals surface area contributed by atoms with E-state index >= 15 is 0 Å². The lowest BCUT2D eigenvalue weighted by atomic mass is 10.1. The van der Waals surface area contributed by atoms with Crippen molar-refractivity contribution in [2.24, 2.45) is 0 Å². The maximum atomic E-state index is 5.43. The highest BCUT2D eigenvalue weighted by Gasteiger charge is 2.11. The number of benzene rings is 1. The van der Waals surface area contributed by atoms with Crippen LogP contribution in [-0.4, -0.2) is 16.7 Å². The summed E-state index contributed by atoms with van der Waals surface area (Å²) in [5.74, 6) is 0.854. The van der Waals surface area contributed by atoms with Gasteiger partial charge in [0.15, 0.2) is 4.77 Å². The number of methoxy groups -OCH3 is 1. The molecule has 1 N–H and O–H groups in total. The van der Waals surface area contributed by atoms with Gasteiger partial charge in [0.1, 0.15) is 5.75 Å². The summed E-state index contributed by atoms with van der Waals surface area (Å²) in [6.45, 7) is 4.44. The minimum Gasteiger partial charge on any atom is -0.497 e. The minimum atomic E-state index is 0.430. The van der Waals surface area contributed by atoms with E-state index in [9.17, 15) is 0 Å². The van der Waals surface area contributed by atoms with E-state index in [1.165, 1.54) is 12.8 Å². The number of unbranched alkanes of at least 4 members (excludes halogenated alkanes) is 1. The number of nitrogens with one attached hydrogen (secondary N) is 1. The predicted molar refractivity (Wildman–Crippen MR) is 77.9 cm³/mol. The number of ether oxygens (including phenoxy) is 1. The zero-order valence-electron chi connectivity index (χ0n) is 11.2. The fourth-order valence-electron chi connectivity index (χ4n) is 2.30. The standard InChI is InChI=1S/C14H20N2OS/c1-4-5-6-10(2)16-13-8-7-11(17-3)9-12(13)15-14(16)18/h7-10H,4-6H2,1-3H3,(H,15,18). The van der Waals surface area contributed by atoms with E-state index in [-0.39, 0.29) is 0 Å². The third kappa shape index (κ3) is 2.43. The SMILES string of the molecule is CCCCC(C)n1c(=S)[nH]c2cc(OC)ccc21. The number of rotatable bonds is 5. The Hall–Kier alpha value is -1.29. The van der Waals surface area contributed by atoms with Gasteiger partial charge in [-0.05, 0) is 37.7 Å². The Kier molecular flexibility index (Phi) is 4.07. The first-order valence-electron chi connectivity index (χ1n) is 6.45. The Labute approximate surface area is 113 Å². The molecule has 0 spiro atoms. The second-order valence-corrected chi connectivity index (χ2v) is 5.06. The lowest BCUT2D eigenvalue weighted by Gasteiger charge is -2.14. The molecule has 0 saturated heterocycles. The molecule has 0 radical (unpaired) electrons. The van der Waals surface area contributed by atoms with Crippen LogP contribution < -0.4 is 4.74 Å². The number of aromatic nitrogens is 2. The number of H-pyrrole nitrogens is 1. The molecular weight excluding hydrogens is 244 g/mol. The fourth-order valence-corrected chi connectivity index (χ4v) is 2.69. The van der Waals surface area contributed by atoms with Crippen molar-refractivity contribution < 1.29 is 4.74 Å². The second-order valence-electron chi connectivity index (χ2n) is 4.67. The van der Waals surface area contributed by atoms with Gasteiger partial charge in [-0.25, -0.2) is 0 Å². The van der Waals surface area contributed by atoms with Crippen molar-refractivity contribution >= 4 is 23.3 Å². The van der Waals surface area contributed by atoms with Gasteiger partial charge < -0.3 is 14.3 Å². The molecular formula is C14H20N2OS. The average molecular weight is 264 g/mol. The average Bonchev–Trinajstić information content (AvgIpc) is 2.70. The quantitative estimate of drug-likeness (QED) is 0.808. The first kappa shape index (κ1) is 13.1. The number of hydrogen-bond acceptors (Lipinski definition) is 2. The van der Waals surface area contributed by atoms with Gasteiger partial charge in [-0.2, -0.15) is 0 Å². The van der Waals surface area contributed by atoms with E-state index in [0.717, 1.165) is 28.0 Å². The van der Waals surface area contributed by atoms with Crippen LogP contribution in [0, 0.1) is 4.77 Å². The van der Waals surface area contributed by atoms with Crippen LogP contribution in [0.25, 0.3) is 11.0 Å². The molecule has 0 fully saturated rings. The molecule has 0 aliphatic carbocycles. The minimum absolute atomic E-state index is 0.430. The van der Waals surface area contributed by atoms with Crippen LogP contribution in [0.2, 0.25) is 0 Å². The van der Waals surface area contributed by atoms with Crippen molar-refractivity contribution in [3.63, 3.8) is 0 Å². The summed E-state index contributed by atoms with van der Waals surface area (Å²) < 4.78 is 8.24. The normalized spacial score (nSPS) is 12.8. The van der Waals surface area contributed by atoms with Crippen LogP contribution in [0.4, 0.5) is 0 Å². The molecule has 1 aromatic heterocycles. The van der Waals surface area contributed by atoms with Crippen molar-refractivity contribution in [3.8, 4) is 5.75 Å². The zero-order chi connectivity index (χ0) is 13.1. The predicted octanol–water partition coefficient (Wildman–Crippen LogP) is 4.46. The lowest BCUT2D eigenvalue weighted by molar-refractivity contribution is 0.415. The molecule has 0 bridgehead atoms. The molecule has 1 unspecified atom stereocenters. The highest BCUT2D eigenvalue weighted by molar-refractivity contribution is 7.71. The molecule has 1 aromatic carbocycles. The van der Waals surface area contributed by atoms with Crippen molar-refractivity contribution in [1.82, 2.24) is 9.55 Å². The summed E-state index contributed by atoms with van der Waals surface area (Å²) in [6.07, 6.45) is 3.60. The number of nitrogens with zero attached hydrogens (tertiary/aromatic N) is 1. The van der Waals surface area contributed by atoms with Gasteiger partial charge in [0.05, 0.1) is 18.1 Å². The maximum absolute atomic E-state index is 5.43. The number of fused-ring (bicyclic) bond motifs is 1. The smallest absolute Gasteiger partial charge is 0.178 e. The Bertz CT molecular complexity index is 585. The van der Waals surface area contributed by atoms with Gasteiger partial charge in [0.2, 0.25) is 0 Å². The van der Waals surface area contributed by atoms with E-state index in [0.29, 0.717) is 6.04 Å². The Morgan fingerprint density at radius 2 is 2.22 bits per heavy atom. The fraction of sp³-hybridized carbons (Fsp3) is 0.500. The van der Waals surface area contributed by atoms with Gasteiger partial charge in [0, 0.05) is 12.1 Å². The van der Waals surface area contributed by atoms with Gasteiger partial charge in [-0.15, -0.1) is 0 Å². The van der Waals surface area contributed by atoms with E-state index < -0.39 is 0 Å². The van der Waals surface area contributed by atoms with E-state index in [1.807, 2.05) is 12.1 Å². The van der Waals surface area contributed by atoms with Gasteiger partial charge in [-0.3, -0.25) is 0 Å². The molecule has 1 atom stereocenters. The third-order valence-corrected chi connectivity index (χ3v) is 3.64. The van der Waals surface area contributed by atoms with Crippen LogP contribution in [-0.2, 0) is 0 Å². The zero-order valence-corrected chi connectivity index (χ0v) is 12.0. The van der Waals surface area contributed by atoms with Gasteiger partial charge >= 0.3 is 0 Å². The van der Waals surface area contributed by atoms with Crippen LogP contribution in [0.1, 0.15) is 39.2 Å². The maximum Gasteiger partial charge on any atom is 0.178 e. The van der Waals surface area contributed by atoms with Gasteiger partial charge in [0.25, 0.3) is 0 Å². The van der Waals surface area contributed by atoms with Crippen LogP contribution in [0.3, 0.4) is 0 Å². The van der Waals surface area contributed by atoms with Crippen molar-refractivity contribution in [2.45, 2.75) is 39.2 Å². The van der Waals surface area contributed by atoms with Crippen molar-refractivity contribution in [3.05, 3.63) is 23.0 Å². The van der Waals surface area contributed by atoms with Crippen molar-refractivity contribution in [2.75, 3.05) is 7.11 Å². The molecule has 3 nitrogen and oxygen atoms in total. The highest BCUT2D eigenvalue weighted by Crippen LogP contribution is 2.25. The molecule has 0 saturated carbocycles. The molecule has 1 heterocycles. The second kappa shape index (κ2) is 5.57. The van der Waals surface area contributed by atoms with E-state index in [4.69, 9.17) is 17.0 Å². The van der Waals surface area contributed by atoms with Crippen LogP contribution in [0.15, 0.2) is 18.2 Å². The highest BCUT2D eigenvalue weighted by atomic mass is 32.1. The third-order valence-electron chi connectivity index (χ3n) is 3.34. The van der Waals surface area contributed by atoms with Crippen molar-refractivity contribution in [1.29, 1.82) is 0 Å². The Morgan fingerprint density at radius 3 is 2.89 bits per heavy atom. The largest absolute Gasteiger partial charge is 0.497 e. The topological polar surface area (TPSA) is 29.9 Å². The summed E-state index contributed by atoms with van der Waals surface area (Å²) in [6, 6.07) is 6.48. The molecule has 2 rings (SSSR count). The Balaban J connectivity index is 2.44. The molecule has 18 heavy (non-hydrogen) atoms. The lowest BCUT2D eigenvalue weighted by Crippen LogP contribution is -2.04. The number of imidazole rings is 1. The molecule has 2 aromatic rings. The summed E-state index contributed by atoms with van der Waals surface area (Å²) >= 11 is 5.43. The summed E-state index contributed by atoms with van der Waals surface area (Å²) in [5.41, 5.74) is 2.20.